The van der Waals surface area contributed by atoms with Crippen LogP contribution in [0.2, 0.25) is 0 Å². The minimum atomic E-state index is -0.220. The summed E-state index contributed by atoms with van der Waals surface area (Å²) >= 11 is 0. The van der Waals surface area contributed by atoms with E-state index in [1.807, 2.05) is 12.1 Å². The molecular formula is C13H13FN5. The van der Waals surface area contributed by atoms with Gasteiger partial charge in [0.05, 0.1) is 0 Å². The fourth-order valence-electron chi connectivity index (χ4n) is 2.20. The first-order valence-corrected chi connectivity index (χ1v) is 6.10. The van der Waals surface area contributed by atoms with Crippen molar-refractivity contribution in [1.29, 1.82) is 0 Å². The third-order valence-corrected chi connectivity index (χ3v) is 3.05. The lowest BCUT2D eigenvalue weighted by Gasteiger charge is -2.17. The van der Waals surface area contributed by atoms with Crippen LogP contribution in [0.1, 0.15) is 17.5 Å². The van der Waals surface area contributed by atoms with Crippen LogP contribution in [0.25, 0.3) is 5.57 Å². The molecule has 0 atom stereocenters. The van der Waals surface area contributed by atoms with Crippen molar-refractivity contribution in [1.82, 2.24) is 25.5 Å². The van der Waals surface area contributed by atoms with Crippen molar-refractivity contribution in [3.63, 3.8) is 0 Å². The lowest BCUT2D eigenvalue weighted by atomic mass is 9.95. The van der Waals surface area contributed by atoms with Gasteiger partial charge in [0.2, 0.25) is 0 Å². The van der Waals surface area contributed by atoms with E-state index in [2.05, 4.69) is 20.7 Å². The monoisotopic (exact) mass is 258 g/mol. The Labute approximate surface area is 110 Å². The molecule has 1 aromatic carbocycles. The smallest absolute Gasteiger partial charge is 0.162 e. The number of benzene rings is 1. The van der Waals surface area contributed by atoms with Crippen LogP contribution in [0.5, 0.6) is 0 Å². The Balaban J connectivity index is 1.99. The van der Waals surface area contributed by atoms with Crippen molar-refractivity contribution in [2.45, 2.75) is 6.42 Å². The van der Waals surface area contributed by atoms with Crippen molar-refractivity contribution in [2.24, 2.45) is 0 Å². The quantitative estimate of drug-likeness (QED) is 0.900. The number of nitrogens with one attached hydrogen (secondary N) is 1. The highest BCUT2D eigenvalue weighted by Crippen LogP contribution is 2.27. The lowest BCUT2D eigenvalue weighted by Crippen LogP contribution is -2.21. The minimum absolute atomic E-state index is 0.220. The van der Waals surface area contributed by atoms with Gasteiger partial charge < -0.3 is 5.32 Å². The van der Waals surface area contributed by atoms with Crippen molar-refractivity contribution in [2.75, 3.05) is 13.1 Å². The predicted octanol–water partition coefficient (Wildman–Crippen LogP) is 1.25. The summed E-state index contributed by atoms with van der Waals surface area (Å²) in [5.41, 5.74) is 2.40. The third kappa shape index (κ3) is 2.53. The van der Waals surface area contributed by atoms with Crippen molar-refractivity contribution in [3.05, 3.63) is 54.1 Å². The zero-order valence-corrected chi connectivity index (χ0v) is 10.3. The maximum atomic E-state index is 14.1. The van der Waals surface area contributed by atoms with E-state index in [0.29, 0.717) is 5.56 Å². The predicted molar refractivity (Wildman–Crippen MR) is 68.5 cm³/mol. The molecule has 2 aromatic rings. The zero-order valence-electron chi connectivity index (χ0n) is 10.3. The van der Waals surface area contributed by atoms with Gasteiger partial charge in [-0.1, -0.05) is 18.2 Å². The van der Waals surface area contributed by atoms with Gasteiger partial charge in [0, 0.05) is 12.1 Å². The molecule has 97 valence electrons. The summed E-state index contributed by atoms with van der Waals surface area (Å²) in [5, 5.41) is 14.5. The van der Waals surface area contributed by atoms with Gasteiger partial charge in [0.15, 0.2) is 6.33 Å². The fourth-order valence-corrected chi connectivity index (χ4v) is 2.20. The Kier molecular flexibility index (Phi) is 3.33. The molecule has 5 nitrogen and oxygen atoms in total. The van der Waals surface area contributed by atoms with Crippen molar-refractivity contribution >= 4 is 5.57 Å². The van der Waals surface area contributed by atoms with Crippen LogP contribution in [0.4, 0.5) is 4.39 Å². The molecule has 3 rings (SSSR count). The van der Waals surface area contributed by atoms with Crippen molar-refractivity contribution < 1.29 is 4.39 Å². The van der Waals surface area contributed by atoms with Crippen LogP contribution in [-0.4, -0.2) is 33.3 Å². The van der Waals surface area contributed by atoms with Gasteiger partial charge in [0.25, 0.3) is 0 Å². The number of hydrogen-bond donors (Lipinski definition) is 1. The van der Waals surface area contributed by atoms with E-state index in [4.69, 9.17) is 0 Å². The summed E-state index contributed by atoms with van der Waals surface area (Å²) in [6, 6.07) is 5.01. The van der Waals surface area contributed by atoms with Gasteiger partial charge in [-0.2, -0.15) is 4.80 Å². The molecule has 0 saturated carbocycles. The van der Waals surface area contributed by atoms with Gasteiger partial charge >= 0.3 is 0 Å². The molecule has 1 aliphatic heterocycles. The number of hydrogen-bond acceptors (Lipinski definition) is 4. The lowest BCUT2D eigenvalue weighted by molar-refractivity contribution is 0.616. The Morgan fingerprint density at radius 3 is 3.05 bits per heavy atom. The van der Waals surface area contributed by atoms with Crippen LogP contribution in [-0.2, 0) is 0 Å². The molecular weight excluding hydrogens is 245 g/mol. The molecule has 1 aromatic heterocycles. The third-order valence-electron chi connectivity index (χ3n) is 3.05. The first-order chi connectivity index (χ1) is 9.34. The number of nitrogens with zero attached hydrogens (tertiary/aromatic N) is 4. The molecule has 2 heterocycles. The molecule has 0 fully saturated rings. The second-order valence-electron chi connectivity index (χ2n) is 4.27. The number of tetrazole rings is 1. The van der Waals surface area contributed by atoms with Crippen LogP contribution in [0.15, 0.2) is 30.6 Å². The van der Waals surface area contributed by atoms with E-state index in [1.54, 1.807) is 12.6 Å². The van der Waals surface area contributed by atoms with E-state index >= 15 is 0 Å². The number of rotatable bonds is 3. The zero-order chi connectivity index (χ0) is 13.1. The molecule has 0 saturated heterocycles. The maximum absolute atomic E-state index is 14.1. The first-order valence-electron chi connectivity index (χ1n) is 6.10. The topological polar surface area (TPSA) is 55.6 Å². The van der Waals surface area contributed by atoms with Crippen LogP contribution >= 0.6 is 0 Å². The van der Waals surface area contributed by atoms with Crippen LogP contribution in [0.3, 0.4) is 0 Å². The second kappa shape index (κ2) is 5.27. The molecule has 6 heteroatoms. The normalized spacial score (nSPS) is 15.3. The summed E-state index contributed by atoms with van der Waals surface area (Å²) in [7, 11) is 0. The van der Waals surface area contributed by atoms with Gasteiger partial charge in [-0.15, -0.1) is 10.2 Å². The Morgan fingerprint density at radius 1 is 1.37 bits per heavy atom. The van der Waals surface area contributed by atoms with E-state index in [-0.39, 0.29) is 5.82 Å². The summed E-state index contributed by atoms with van der Waals surface area (Å²) in [6.07, 6.45) is 4.18. The number of aromatic nitrogens is 4. The van der Waals surface area contributed by atoms with Crippen LogP contribution in [0, 0.1) is 12.4 Å². The minimum Gasteiger partial charge on any atom is -0.313 e. The largest absolute Gasteiger partial charge is 0.313 e. The molecule has 0 aliphatic carbocycles. The molecule has 1 N–H and O–H groups in total. The molecule has 0 spiro atoms. The summed E-state index contributed by atoms with van der Waals surface area (Å²) in [6.45, 7) is 3.31. The van der Waals surface area contributed by atoms with Gasteiger partial charge in [-0.3, -0.25) is 0 Å². The highest BCUT2D eigenvalue weighted by molar-refractivity contribution is 5.70. The first kappa shape index (κ1) is 12.0. The second-order valence-corrected chi connectivity index (χ2v) is 4.27. The SMILES string of the molecule is Fc1cccc([CH]n2ncnn2)c1C1=CCNCC1. The summed E-state index contributed by atoms with van der Waals surface area (Å²) in [5.74, 6) is -0.220. The average molecular weight is 258 g/mol. The highest BCUT2D eigenvalue weighted by atomic mass is 19.1. The Morgan fingerprint density at radius 2 is 2.32 bits per heavy atom. The summed E-state index contributed by atoms with van der Waals surface area (Å²) in [4.78, 5) is 1.33. The van der Waals surface area contributed by atoms with Gasteiger partial charge in [-0.25, -0.2) is 4.39 Å². The van der Waals surface area contributed by atoms with E-state index < -0.39 is 0 Å². The molecule has 0 bridgehead atoms. The maximum Gasteiger partial charge on any atom is 0.162 e. The molecule has 1 radical (unpaired) electrons. The van der Waals surface area contributed by atoms with Crippen molar-refractivity contribution in [3.8, 4) is 0 Å². The standard InChI is InChI=1S/C13H13FN5/c14-12-3-1-2-11(8-19-17-9-16-18-19)13(12)10-4-6-15-7-5-10/h1-4,8-9,15H,5-7H2. The fraction of sp³-hybridized carbons (Fsp3) is 0.231. The van der Waals surface area contributed by atoms with E-state index in [0.717, 1.165) is 30.6 Å². The van der Waals surface area contributed by atoms with Gasteiger partial charge in [0.1, 0.15) is 12.4 Å². The number of halogens is 1. The molecule has 19 heavy (non-hydrogen) atoms. The molecule has 0 amide bonds. The van der Waals surface area contributed by atoms with E-state index in [9.17, 15) is 4.39 Å². The average Bonchev–Trinajstić information content (AvgIpc) is 2.93. The Hall–Kier alpha value is -2.08. The highest BCUT2D eigenvalue weighted by Gasteiger charge is 2.15. The Bertz CT molecular complexity index is 591. The molecule has 1 aliphatic rings. The molecule has 0 unspecified atom stereocenters. The van der Waals surface area contributed by atoms with Crippen LogP contribution < -0.4 is 5.32 Å². The van der Waals surface area contributed by atoms with E-state index in [1.165, 1.54) is 17.2 Å². The van der Waals surface area contributed by atoms with Gasteiger partial charge in [-0.05, 0) is 35.4 Å². The summed E-state index contributed by atoms with van der Waals surface area (Å²) < 4.78 is 14.1.